The predicted molar refractivity (Wildman–Crippen MR) is 64.7 cm³/mol. The van der Waals surface area contributed by atoms with Gasteiger partial charge in [-0.2, -0.15) is 0 Å². The molecule has 1 N–H and O–H groups in total. The summed E-state index contributed by atoms with van der Waals surface area (Å²) in [6.45, 7) is 2.89. The lowest BCUT2D eigenvalue weighted by Gasteiger charge is -2.24. The van der Waals surface area contributed by atoms with E-state index in [0.29, 0.717) is 5.92 Å². The van der Waals surface area contributed by atoms with Crippen molar-refractivity contribution in [2.75, 3.05) is 6.54 Å². The third kappa shape index (κ3) is 2.83. The van der Waals surface area contributed by atoms with Gasteiger partial charge >= 0.3 is 0 Å². The maximum Gasteiger partial charge on any atom is 0.159 e. The molecule has 94 valence electrons. The average molecular weight is 239 g/mol. The van der Waals surface area contributed by atoms with E-state index in [-0.39, 0.29) is 6.04 Å². The summed E-state index contributed by atoms with van der Waals surface area (Å²) < 4.78 is 26.2. The zero-order valence-electron chi connectivity index (χ0n) is 10.2. The molecular weight excluding hydrogens is 220 g/mol. The van der Waals surface area contributed by atoms with Crippen molar-refractivity contribution >= 4 is 0 Å². The van der Waals surface area contributed by atoms with Gasteiger partial charge in [0.05, 0.1) is 0 Å². The third-order valence-corrected chi connectivity index (χ3v) is 3.60. The van der Waals surface area contributed by atoms with Crippen LogP contribution in [0, 0.1) is 17.6 Å². The van der Waals surface area contributed by atoms with Gasteiger partial charge in [-0.15, -0.1) is 0 Å². The molecule has 1 aliphatic carbocycles. The maximum absolute atomic E-state index is 13.3. The number of rotatable bonds is 4. The number of hydrogen-bond acceptors (Lipinski definition) is 1. The van der Waals surface area contributed by atoms with Crippen LogP contribution >= 0.6 is 0 Å². The Kier molecular flexibility index (Phi) is 4.11. The van der Waals surface area contributed by atoms with Gasteiger partial charge in [0.15, 0.2) is 11.6 Å². The molecule has 1 unspecified atom stereocenters. The first-order chi connectivity index (χ1) is 8.22. The molecule has 2 rings (SSSR count). The second kappa shape index (κ2) is 5.58. The highest BCUT2D eigenvalue weighted by molar-refractivity contribution is 5.22. The molecule has 1 aromatic carbocycles. The van der Waals surface area contributed by atoms with Gasteiger partial charge in [-0.3, -0.25) is 0 Å². The number of benzene rings is 1. The van der Waals surface area contributed by atoms with Gasteiger partial charge in [-0.1, -0.05) is 25.8 Å². The highest BCUT2D eigenvalue weighted by Gasteiger charge is 2.26. The van der Waals surface area contributed by atoms with Crippen molar-refractivity contribution in [3.05, 3.63) is 35.4 Å². The van der Waals surface area contributed by atoms with Crippen LogP contribution in [0.5, 0.6) is 0 Å². The first-order valence-corrected chi connectivity index (χ1v) is 6.40. The fourth-order valence-electron chi connectivity index (χ4n) is 2.77. The van der Waals surface area contributed by atoms with Gasteiger partial charge < -0.3 is 5.32 Å². The quantitative estimate of drug-likeness (QED) is 0.842. The molecule has 3 heteroatoms. The topological polar surface area (TPSA) is 12.0 Å². The van der Waals surface area contributed by atoms with E-state index < -0.39 is 11.6 Å². The summed E-state index contributed by atoms with van der Waals surface area (Å²) in [6, 6.07) is 4.42. The summed E-state index contributed by atoms with van der Waals surface area (Å²) in [5.74, 6) is -0.960. The van der Waals surface area contributed by atoms with Crippen LogP contribution in [0.4, 0.5) is 8.78 Å². The highest BCUT2D eigenvalue weighted by atomic mass is 19.2. The molecule has 0 amide bonds. The summed E-state index contributed by atoms with van der Waals surface area (Å²) >= 11 is 0. The van der Waals surface area contributed by atoms with Crippen molar-refractivity contribution in [3.63, 3.8) is 0 Å². The van der Waals surface area contributed by atoms with Gasteiger partial charge in [0.25, 0.3) is 0 Å². The Labute approximate surface area is 101 Å². The van der Waals surface area contributed by atoms with Crippen LogP contribution in [0.1, 0.15) is 44.2 Å². The fraction of sp³-hybridized carbons (Fsp3) is 0.571. The summed E-state index contributed by atoms with van der Waals surface area (Å²) in [4.78, 5) is 0. The predicted octanol–water partition coefficient (Wildman–Crippen LogP) is 3.81. The van der Waals surface area contributed by atoms with Crippen LogP contribution in [0.15, 0.2) is 18.2 Å². The molecule has 1 aromatic rings. The van der Waals surface area contributed by atoms with Crippen molar-refractivity contribution in [1.29, 1.82) is 0 Å². The van der Waals surface area contributed by atoms with Crippen LogP contribution in [0.25, 0.3) is 0 Å². The van der Waals surface area contributed by atoms with E-state index in [4.69, 9.17) is 0 Å². The van der Waals surface area contributed by atoms with Crippen LogP contribution in [0.2, 0.25) is 0 Å². The van der Waals surface area contributed by atoms with E-state index in [0.717, 1.165) is 12.1 Å². The molecular formula is C14H19F2N. The normalized spacial score (nSPS) is 18.5. The molecule has 1 fully saturated rings. The third-order valence-electron chi connectivity index (χ3n) is 3.60. The SMILES string of the molecule is CCNC(c1ccc(F)c(F)c1)C1CCCC1. The Morgan fingerprint density at radius 1 is 1.24 bits per heavy atom. The van der Waals surface area contributed by atoms with Gasteiger partial charge in [0.2, 0.25) is 0 Å². The number of halogens is 2. The standard InChI is InChI=1S/C14H19F2N/c1-2-17-14(10-5-3-4-6-10)11-7-8-12(15)13(16)9-11/h7-10,14,17H,2-6H2,1H3. The van der Waals surface area contributed by atoms with Crippen molar-refractivity contribution in [1.82, 2.24) is 5.32 Å². The molecule has 0 spiro atoms. The van der Waals surface area contributed by atoms with Crippen molar-refractivity contribution < 1.29 is 8.78 Å². The Morgan fingerprint density at radius 2 is 1.94 bits per heavy atom. The molecule has 0 aromatic heterocycles. The average Bonchev–Trinajstić information content (AvgIpc) is 2.83. The van der Waals surface area contributed by atoms with E-state index in [2.05, 4.69) is 5.32 Å². The molecule has 1 aliphatic rings. The first-order valence-electron chi connectivity index (χ1n) is 6.40. The minimum atomic E-state index is -0.768. The van der Waals surface area contributed by atoms with E-state index in [1.165, 1.54) is 37.8 Å². The minimum absolute atomic E-state index is 0.164. The van der Waals surface area contributed by atoms with E-state index in [9.17, 15) is 8.78 Å². The molecule has 0 radical (unpaired) electrons. The lowest BCUT2D eigenvalue weighted by molar-refractivity contribution is 0.372. The van der Waals surface area contributed by atoms with Gasteiger partial charge in [0, 0.05) is 6.04 Å². The van der Waals surface area contributed by atoms with E-state index in [1.807, 2.05) is 6.92 Å². The summed E-state index contributed by atoms with van der Waals surface area (Å²) in [6.07, 6.45) is 4.85. The summed E-state index contributed by atoms with van der Waals surface area (Å²) in [7, 11) is 0. The molecule has 0 aliphatic heterocycles. The maximum atomic E-state index is 13.3. The van der Waals surface area contributed by atoms with Gasteiger partial charge in [-0.25, -0.2) is 8.78 Å². The molecule has 0 saturated heterocycles. The zero-order chi connectivity index (χ0) is 12.3. The molecule has 1 nitrogen and oxygen atoms in total. The second-order valence-electron chi connectivity index (χ2n) is 4.75. The number of nitrogens with one attached hydrogen (secondary N) is 1. The molecule has 17 heavy (non-hydrogen) atoms. The van der Waals surface area contributed by atoms with Crippen LogP contribution in [0.3, 0.4) is 0 Å². The minimum Gasteiger partial charge on any atom is -0.310 e. The Morgan fingerprint density at radius 3 is 2.53 bits per heavy atom. The fourth-order valence-corrected chi connectivity index (χ4v) is 2.77. The van der Waals surface area contributed by atoms with Crippen LogP contribution < -0.4 is 5.32 Å². The van der Waals surface area contributed by atoms with Crippen molar-refractivity contribution in [3.8, 4) is 0 Å². The smallest absolute Gasteiger partial charge is 0.159 e. The second-order valence-corrected chi connectivity index (χ2v) is 4.75. The first kappa shape index (κ1) is 12.5. The van der Waals surface area contributed by atoms with Gasteiger partial charge in [-0.05, 0) is 43.0 Å². The largest absolute Gasteiger partial charge is 0.310 e. The van der Waals surface area contributed by atoms with Crippen molar-refractivity contribution in [2.24, 2.45) is 5.92 Å². The van der Waals surface area contributed by atoms with Crippen LogP contribution in [-0.4, -0.2) is 6.54 Å². The van der Waals surface area contributed by atoms with E-state index in [1.54, 1.807) is 6.07 Å². The molecule has 0 heterocycles. The monoisotopic (exact) mass is 239 g/mol. The lowest BCUT2D eigenvalue weighted by Crippen LogP contribution is -2.27. The van der Waals surface area contributed by atoms with Crippen LogP contribution in [-0.2, 0) is 0 Å². The van der Waals surface area contributed by atoms with Gasteiger partial charge in [0.1, 0.15) is 0 Å². The molecule has 1 saturated carbocycles. The zero-order valence-corrected chi connectivity index (χ0v) is 10.2. The summed E-state index contributed by atoms with van der Waals surface area (Å²) in [5, 5.41) is 3.40. The Balaban J connectivity index is 2.21. The summed E-state index contributed by atoms with van der Waals surface area (Å²) in [5.41, 5.74) is 0.873. The Bertz CT molecular complexity index is 372. The Hall–Kier alpha value is -0.960. The molecule has 0 bridgehead atoms. The highest BCUT2D eigenvalue weighted by Crippen LogP contribution is 2.35. The molecule has 1 atom stereocenters. The van der Waals surface area contributed by atoms with E-state index >= 15 is 0 Å². The number of hydrogen-bond donors (Lipinski definition) is 1. The lowest BCUT2D eigenvalue weighted by atomic mass is 9.91. The van der Waals surface area contributed by atoms with Crippen molar-refractivity contribution in [2.45, 2.75) is 38.6 Å².